The van der Waals surface area contributed by atoms with Crippen LogP contribution in [0.3, 0.4) is 0 Å². The lowest BCUT2D eigenvalue weighted by Crippen LogP contribution is -2.46. The van der Waals surface area contributed by atoms with Gasteiger partial charge in [0.2, 0.25) is 0 Å². The molecule has 1 N–H and O–H groups in total. The van der Waals surface area contributed by atoms with E-state index in [1.807, 2.05) is 0 Å². The van der Waals surface area contributed by atoms with Crippen molar-refractivity contribution in [3.63, 3.8) is 0 Å². The van der Waals surface area contributed by atoms with Crippen molar-refractivity contribution in [2.24, 2.45) is 5.92 Å². The van der Waals surface area contributed by atoms with Crippen molar-refractivity contribution in [2.75, 3.05) is 0 Å². The molecule has 104 valence electrons. The number of hydrogen-bond donors (Lipinski definition) is 1. The lowest BCUT2D eigenvalue weighted by atomic mass is 9.90. The molecule has 0 aliphatic rings. The Hall–Kier alpha value is -1.39. The molecule has 0 aliphatic heterocycles. The van der Waals surface area contributed by atoms with E-state index in [-0.39, 0.29) is 11.6 Å². The topological polar surface area (TPSA) is 72.5 Å². The van der Waals surface area contributed by atoms with Crippen LogP contribution in [-0.4, -0.2) is 29.3 Å². The molecule has 0 aromatic rings. The van der Waals surface area contributed by atoms with E-state index >= 15 is 0 Å². The standard InChI is InChI=1S/C13H23NO4/c1-7-10(11(8(2)15)9(3)16)14-12(17)18-13(4,5)6/h10-11H,7H2,1-6H3,(H,14,17)/t10-/m1/s1. The molecule has 1 atom stereocenters. The molecule has 1 amide bonds. The van der Waals surface area contributed by atoms with Crippen molar-refractivity contribution in [1.82, 2.24) is 5.32 Å². The monoisotopic (exact) mass is 257 g/mol. The second kappa shape index (κ2) is 6.52. The number of alkyl carbamates (subject to hydrolysis) is 1. The molecule has 0 fully saturated rings. The quantitative estimate of drug-likeness (QED) is 0.765. The predicted octanol–water partition coefficient (Wildman–Crippen LogP) is 2.08. The number of nitrogens with one attached hydrogen (secondary N) is 1. The Morgan fingerprint density at radius 1 is 1.11 bits per heavy atom. The zero-order chi connectivity index (χ0) is 14.5. The van der Waals surface area contributed by atoms with E-state index < -0.39 is 23.7 Å². The maximum Gasteiger partial charge on any atom is 0.407 e. The van der Waals surface area contributed by atoms with Gasteiger partial charge in [-0.05, 0) is 41.0 Å². The normalized spacial score (nSPS) is 13.1. The van der Waals surface area contributed by atoms with Crippen LogP contribution in [0.15, 0.2) is 0 Å². The molecular formula is C13H23NO4. The fourth-order valence-electron chi connectivity index (χ4n) is 1.73. The summed E-state index contributed by atoms with van der Waals surface area (Å²) in [6, 6.07) is -0.519. The summed E-state index contributed by atoms with van der Waals surface area (Å²) in [5, 5.41) is 2.58. The zero-order valence-corrected chi connectivity index (χ0v) is 12.0. The summed E-state index contributed by atoms with van der Waals surface area (Å²) < 4.78 is 5.11. The number of amides is 1. The molecule has 0 unspecified atom stereocenters. The number of carbonyl (C=O) groups excluding carboxylic acids is 3. The lowest BCUT2D eigenvalue weighted by molar-refractivity contribution is -0.131. The molecule has 0 saturated heterocycles. The van der Waals surface area contributed by atoms with Crippen LogP contribution in [-0.2, 0) is 14.3 Å². The van der Waals surface area contributed by atoms with E-state index in [0.29, 0.717) is 6.42 Å². The highest BCUT2D eigenvalue weighted by Gasteiger charge is 2.30. The molecule has 0 spiro atoms. The maximum absolute atomic E-state index is 11.6. The first-order valence-electron chi connectivity index (χ1n) is 6.09. The highest BCUT2D eigenvalue weighted by molar-refractivity contribution is 6.01. The van der Waals surface area contributed by atoms with Crippen LogP contribution in [0.4, 0.5) is 4.79 Å². The van der Waals surface area contributed by atoms with Gasteiger partial charge in [0.05, 0.1) is 5.92 Å². The van der Waals surface area contributed by atoms with Gasteiger partial charge in [0.15, 0.2) is 0 Å². The molecule has 0 rings (SSSR count). The number of ether oxygens (including phenoxy) is 1. The average molecular weight is 257 g/mol. The molecule has 5 nitrogen and oxygen atoms in total. The van der Waals surface area contributed by atoms with E-state index in [2.05, 4.69) is 5.32 Å². The van der Waals surface area contributed by atoms with Crippen molar-refractivity contribution in [1.29, 1.82) is 0 Å². The summed E-state index contributed by atoms with van der Waals surface area (Å²) in [5.74, 6) is -1.29. The van der Waals surface area contributed by atoms with E-state index in [0.717, 1.165) is 0 Å². The highest BCUT2D eigenvalue weighted by Crippen LogP contribution is 2.13. The molecular weight excluding hydrogens is 234 g/mol. The van der Waals surface area contributed by atoms with Gasteiger partial charge in [0, 0.05) is 6.04 Å². The number of hydrogen-bond acceptors (Lipinski definition) is 4. The van der Waals surface area contributed by atoms with Gasteiger partial charge in [-0.15, -0.1) is 0 Å². The number of Topliss-reactive ketones (excluding diaryl/α,β-unsaturated/α-hetero) is 2. The Kier molecular flexibility index (Phi) is 6.01. The molecule has 0 radical (unpaired) electrons. The van der Waals surface area contributed by atoms with Gasteiger partial charge >= 0.3 is 6.09 Å². The predicted molar refractivity (Wildman–Crippen MR) is 68.3 cm³/mol. The minimum atomic E-state index is -0.803. The number of carbonyl (C=O) groups is 3. The van der Waals surface area contributed by atoms with Crippen molar-refractivity contribution in [2.45, 2.75) is 59.6 Å². The molecule has 5 heteroatoms. The summed E-state index contributed by atoms with van der Waals surface area (Å²) in [4.78, 5) is 34.5. The Labute approximate surface area is 108 Å². The Morgan fingerprint density at radius 3 is 1.83 bits per heavy atom. The summed E-state index contributed by atoms with van der Waals surface area (Å²) in [6.07, 6.45) is -0.120. The minimum Gasteiger partial charge on any atom is -0.444 e. The fourth-order valence-corrected chi connectivity index (χ4v) is 1.73. The second-order valence-electron chi connectivity index (χ2n) is 5.36. The van der Waals surface area contributed by atoms with Crippen LogP contribution in [0.5, 0.6) is 0 Å². The first kappa shape index (κ1) is 16.6. The van der Waals surface area contributed by atoms with Gasteiger partial charge in [0.25, 0.3) is 0 Å². The van der Waals surface area contributed by atoms with Crippen molar-refractivity contribution in [3.05, 3.63) is 0 Å². The van der Waals surface area contributed by atoms with Gasteiger partial charge in [-0.2, -0.15) is 0 Å². The molecule has 0 aliphatic carbocycles. The van der Waals surface area contributed by atoms with Gasteiger partial charge < -0.3 is 10.1 Å². The van der Waals surface area contributed by atoms with E-state index in [1.54, 1.807) is 27.7 Å². The summed E-state index contributed by atoms with van der Waals surface area (Å²) in [6.45, 7) is 9.76. The summed E-state index contributed by atoms with van der Waals surface area (Å²) >= 11 is 0. The molecule has 0 bridgehead atoms. The number of ketones is 2. The van der Waals surface area contributed by atoms with Gasteiger partial charge in [-0.3, -0.25) is 9.59 Å². The lowest BCUT2D eigenvalue weighted by Gasteiger charge is -2.26. The van der Waals surface area contributed by atoms with Crippen molar-refractivity contribution < 1.29 is 19.1 Å². The third kappa shape index (κ3) is 5.80. The van der Waals surface area contributed by atoms with Crippen LogP contribution in [0.25, 0.3) is 0 Å². The highest BCUT2D eigenvalue weighted by atomic mass is 16.6. The molecule has 0 heterocycles. The third-order valence-electron chi connectivity index (χ3n) is 2.42. The van der Waals surface area contributed by atoms with E-state index in [1.165, 1.54) is 13.8 Å². The molecule has 0 aromatic heterocycles. The van der Waals surface area contributed by atoms with E-state index in [4.69, 9.17) is 4.74 Å². The first-order valence-corrected chi connectivity index (χ1v) is 6.09. The summed E-state index contributed by atoms with van der Waals surface area (Å²) in [7, 11) is 0. The Bertz CT molecular complexity index is 316. The van der Waals surface area contributed by atoms with Crippen molar-refractivity contribution >= 4 is 17.7 Å². The van der Waals surface area contributed by atoms with Crippen LogP contribution >= 0.6 is 0 Å². The second-order valence-corrected chi connectivity index (χ2v) is 5.36. The van der Waals surface area contributed by atoms with Crippen LogP contribution < -0.4 is 5.32 Å². The van der Waals surface area contributed by atoms with Crippen LogP contribution in [0.1, 0.15) is 48.0 Å². The number of rotatable bonds is 5. The van der Waals surface area contributed by atoms with Gasteiger partial charge in [0.1, 0.15) is 17.2 Å². The Balaban J connectivity index is 4.74. The average Bonchev–Trinajstić information content (AvgIpc) is 2.11. The summed E-state index contributed by atoms with van der Waals surface area (Å²) in [5.41, 5.74) is -0.607. The smallest absolute Gasteiger partial charge is 0.407 e. The van der Waals surface area contributed by atoms with E-state index in [9.17, 15) is 14.4 Å². The molecule has 0 saturated carbocycles. The Morgan fingerprint density at radius 2 is 1.56 bits per heavy atom. The van der Waals surface area contributed by atoms with Crippen LogP contribution in [0.2, 0.25) is 0 Å². The van der Waals surface area contributed by atoms with Crippen LogP contribution in [0, 0.1) is 5.92 Å². The SMILES string of the molecule is CC[C@@H](NC(=O)OC(C)(C)C)C(C(C)=O)C(C)=O. The molecule has 0 aromatic carbocycles. The molecule has 18 heavy (non-hydrogen) atoms. The fraction of sp³-hybridized carbons (Fsp3) is 0.769. The van der Waals surface area contributed by atoms with Gasteiger partial charge in [-0.25, -0.2) is 4.79 Å². The first-order chi connectivity index (χ1) is 8.08. The van der Waals surface area contributed by atoms with Crippen molar-refractivity contribution in [3.8, 4) is 0 Å². The zero-order valence-electron chi connectivity index (χ0n) is 12.0. The minimum absolute atomic E-state index is 0.245. The maximum atomic E-state index is 11.6. The third-order valence-corrected chi connectivity index (χ3v) is 2.42. The van der Waals surface area contributed by atoms with Gasteiger partial charge in [-0.1, -0.05) is 6.92 Å². The largest absolute Gasteiger partial charge is 0.444 e.